The predicted octanol–water partition coefficient (Wildman–Crippen LogP) is 1.20. The third-order valence-electron chi connectivity index (χ3n) is 2.82. The van der Waals surface area contributed by atoms with Crippen molar-refractivity contribution in [1.29, 1.82) is 0 Å². The molecule has 3 rings (SSSR count). The lowest BCUT2D eigenvalue weighted by atomic mass is 10.2. The van der Waals surface area contributed by atoms with Crippen LogP contribution in [-0.4, -0.2) is 35.9 Å². The summed E-state index contributed by atoms with van der Waals surface area (Å²) in [5, 5.41) is 21.1. The Bertz CT molecular complexity index is 754. The number of aromatic nitrogens is 5. The van der Waals surface area contributed by atoms with E-state index in [1.54, 1.807) is 16.8 Å². The molecule has 20 heavy (non-hydrogen) atoms. The molecular formula is C13H11N5O2. The van der Waals surface area contributed by atoms with Crippen molar-refractivity contribution in [1.82, 2.24) is 24.8 Å². The van der Waals surface area contributed by atoms with E-state index in [-0.39, 0.29) is 12.8 Å². The van der Waals surface area contributed by atoms with Crippen molar-refractivity contribution in [3.8, 4) is 11.4 Å². The maximum Gasteiger partial charge on any atom is 0.303 e. The average molecular weight is 269 g/mol. The molecule has 3 heterocycles. The first-order valence-corrected chi connectivity index (χ1v) is 6.08. The van der Waals surface area contributed by atoms with E-state index in [1.807, 2.05) is 24.3 Å². The number of hydrogen-bond acceptors (Lipinski definition) is 5. The molecule has 0 aromatic carbocycles. The van der Waals surface area contributed by atoms with Gasteiger partial charge >= 0.3 is 5.97 Å². The molecule has 0 radical (unpaired) electrons. The Kier molecular flexibility index (Phi) is 3.08. The molecular weight excluding hydrogens is 258 g/mol. The number of fused-ring (bicyclic) bond motifs is 1. The van der Waals surface area contributed by atoms with Gasteiger partial charge in [0.05, 0.1) is 12.1 Å². The van der Waals surface area contributed by atoms with E-state index in [1.165, 1.54) is 0 Å². The predicted molar refractivity (Wildman–Crippen MR) is 70.0 cm³/mol. The lowest BCUT2D eigenvalue weighted by Crippen LogP contribution is -2.04. The van der Waals surface area contributed by atoms with Gasteiger partial charge in [-0.25, -0.2) is 0 Å². The largest absolute Gasteiger partial charge is 0.481 e. The summed E-state index contributed by atoms with van der Waals surface area (Å²) >= 11 is 0. The van der Waals surface area contributed by atoms with E-state index in [0.717, 1.165) is 5.69 Å². The van der Waals surface area contributed by atoms with Gasteiger partial charge in [-0.1, -0.05) is 6.07 Å². The second kappa shape index (κ2) is 5.04. The normalized spacial score (nSPS) is 10.8. The maximum absolute atomic E-state index is 10.6. The molecule has 0 spiro atoms. The van der Waals surface area contributed by atoms with Gasteiger partial charge in [0.2, 0.25) is 0 Å². The number of hydrogen-bond donors (Lipinski definition) is 1. The van der Waals surface area contributed by atoms with Crippen molar-refractivity contribution >= 4 is 11.6 Å². The summed E-state index contributed by atoms with van der Waals surface area (Å²) in [6.45, 7) is 0. The van der Waals surface area contributed by atoms with Crippen LogP contribution < -0.4 is 0 Å². The first-order valence-electron chi connectivity index (χ1n) is 6.08. The molecule has 0 aliphatic carbocycles. The van der Waals surface area contributed by atoms with Gasteiger partial charge in [0, 0.05) is 12.6 Å². The monoisotopic (exact) mass is 269 g/mol. The van der Waals surface area contributed by atoms with Crippen LogP contribution in [0.4, 0.5) is 0 Å². The van der Waals surface area contributed by atoms with Crippen molar-refractivity contribution in [2.75, 3.05) is 0 Å². The standard InChI is InChI=1S/C13H11N5O2/c19-13(20)7-6-12-16-15-11-5-4-10(17-18(11)12)9-3-1-2-8-14-9/h1-5,8H,6-7H2,(H,19,20). The number of carboxylic acids is 1. The number of carbonyl (C=O) groups is 1. The van der Waals surface area contributed by atoms with Gasteiger partial charge in [-0.3, -0.25) is 9.78 Å². The summed E-state index contributed by atoms with van der Waals surface area (Å²) in [6.07, 6.45) is 1.98. The highest BCUT2D eigenvalue weighted by Gasteiger charge is 2.10. The molecule has 0 aliphatic heterocycles. The molecule has 0 amide bonds. The number of aryl methyl sites for hydroxylation is 1. The van der Waals surface area contributed by atoms with Crippen LogP contribution in [0.1, 0.15) is 12.2 Å². The Balaban J connectivity index is 2.01. The van der Waals surface area contributed by atoms with Crippen LogP contribution in [0.25, 0.3) is 17.0 Å². The van der Waals surface area contributed by atoms with Crippen molar-refractivity contribution in [2.24, 2.45) is 0 Å². The van der Waals surface area contributed by atoms with Crippen LogP contribution in [-0.2, 0) is 11.2 Å². The van der Waals surface area contributed by atoms with E-state index in [0.29, 0.717) is 17.2 Å². The quantitative estimate of drug-likeness (QED) is 0.765. The second-order valence-corrected chi connectivity index (χ2v) is 4.21. The molecule has 7 heteroatoms. The number of rotatable bonds is 4. The molecule has 3 aromatic heterocycles. The Morgan fingerprint density at radius 1 is 1.15 bits per heavy atom. The molecule has 7 nitrogen and oxygen atoms in total. The summed E-state index contributed by atoms with van der Waals surface area (Å²) < 4.78 is 1.56. The minimum Gasteiger partial charge on any atom is -0.481 e. The van der Waals surface area contributed by atoms with Crippen LogP contribution in [0.2, 0.25) is 0 Å². The smallest absolute Gasteiger partial charge is 0.303 e. The molecule has 0 aliphatic rings. The number of nitrogens with zero attached hydrogens (tertiary/aromatic N) is 5. The molecule has 0 atom stereocenters. The Morgan fingerprint density at radius 3 is 2.80 bits per heavy atom. The van der Waals surface area contributed by atoms with Crippen LogP contribution in [0.3, 0.4) is 0 Å². The zero-order valence-corrected chi connectivity index (χ0v) is 10.5. The Hall–Kier alpha value is -2.83. The maximum atomic E-state index is 10.6. The minimum atomic E-state index is -0.873. The third kappa shape index (κ3) is 2.33. The first-order chi connectivity index (χ1) is 9.74. The molecule has 0 saturated heterocycles. The van der Waals surface area contributed by atoms with Gasteiger partial charge in [0.1, 0.15) is 5.69 Å². The Morgan fingerprint density at radius 2 is 2.05 bits per heavy atom. The fourth-order valence-corrected chi connectivity index (χ4v) is 1.86. The summed E-state index contributed by atoms with van der Waals surface area (Å²) in [7, 11) is 0. The third-order valence-corrected chi connectivity index (χ3v) is 2.82. The molecule has 100 valence electrons. The molecule has 0 bridgehead atoms. The molecule has 0 saturated carbocycles. The lowest BCUT2D eigenvalue weighted by molar-refractivity contribution is -0.137. The fourth-order valence-electron chi connectivity index (χ4n) is 1.86. The second-order valence-electron chi connectivity index (χ2n) is 4.21. The highest BCUT2D eigenvalue weighted by atomic mass is 16.4. The average Bonchev–Trinajstić information content (AvgIpc) is 2.88. The Labute approximate surface area is 113 Å². The summed E-state index contributed by atoms with van der Waals surface area (Å²) in [6, 6.07) is 9.17. The van der Waals surface area contributed by atoms with Gasteiger partial charge in [-0.05, 0) is 24.3 Å². The number of pyridine rings is 1. The SMILES string of the molecule is O=C(O)CCc1nnc2ccc(-c3ccccn3)nn12. The first kappa shape index (κ1) is 12.2. The van der Waals surface area contributed by atoms with Gasteiger partial charge in [0.25, 0.3) is 0 Å². The number of aliphatic carboxylic acids is 1. The van der Waals surface area contributed by atoms with E-state index >= 15 is 0 Å². The molecule has 0 fully saturated rings. The molecule has 0 unspecified atom stereocenters. The minimum absolute atomic E-state index is 0.00368. The van der Waals surface area contributed by atoms with E-state index in [4.69, 9.17) is 5.11 Å². The summed E-state index contributed by atoms with van der Waals surface area (Å²) in [4.78, 5) is 14.9. The summed E-state index contributed by atoms with van der Waals surface area (Å²) in [5.74, 6) is -0.345. The van der Waals surface area contributed by atoms with Gasteiger partial charge in [-0.15, -0.1) is 10.2 Å². The van der Waals surface area contributed by atoms with Gasteiger partial charge in [-0.2, -0.15) is 9.61 Å². The van der Waals surface area contributed by atoms with Crippen molar-refractivity contribution in [3.63, 3.8) is 0 Å². The van der Waals surface area contributed by atoms with Crippen LogP contribution in [0.5, 0.6) is 0 Å². The van der Waals surface area contributed by atoms with Crippen LogP contribution in [0.15, 0.2) is 36.5 Å². The van der Waals surface area contributed by atoms with Crippen molar-refractivity contribution in [2.45, 2.75) is 12.8 Å². The zero-order chi connectivity index (χ0) is 13.9. The van der Waals surface area contributed by atoms with E-state index in [2.05, 4.69) is 20.3 Å². The van der Waals surface area contributed by atoms with Crippen molar-refractivity contribution < 1.29 is 9.90 Å². The molecule has 1 N–H and O–H groups in total. The van der Waals surface area contributed by atoms with Crippen LogP contribution in [0, 0.1) is 0 Å². The topological polar surface area (TPSA) is 93.3 Å². The van der Waals surface area contributed by atoms with Gasteiger partial charge < -0.3 is 5.11 Å². The van der Waals surface area contributed by atoms with E-state index in [9.17, 15) is 4.79 Å². The fraction of sp³-hybridized carbons (Fsp3) is 0.154. The lowest BCUT2D eigenvalue weighted by Gasteiger charge is -2.01. The van der Waals surface area contributed by atoms with Crippen LogP contribution >= 0.6 is 0 Å². The highest BCUT2D eigenvalue weighted by molar-refractivity contribution is 5.67. The number of carboxylic acid groups (broad SMARTS) is 1. The van der Waals surface area contributed by atoms with E-state index < -0.39 is 5.97 Å². The van der Waals surface area contributed by atoms with Crippen molar-refractivity contribution in [3.05, 3.63) is 42.4 Å². The highest BCUT2D eigenvalue weighted by Crippen LogP contribution is 2.14. The molecule has 3 aromatic rings. The summed E-state index contributed by atoms with van der Waals surface area (Å²) in [5.41, 5.74) is 2.02. The van der Waals surface area contributed by atoms with Gasteiger partial charge in [0.15, 0.2) is 11.5 Å². The zero-order valence-electron chi connectivity index (χ0n) is 10.5.